The number of nitrogens with zero attached hydrogens (tertiary/aromatic N) is 2. The minimum absolute atomic E-state index is 0.690. The minimum Gasteiger partial charge on any atom is -0.310 e. The summed E-state index contributed by atoms with van der Waals surface area (Å²) in [5.74, 6) is 0. The average Bonchev–Trinajstić information content (AvgIpc) is 3.48. The number of anilines is 6. The predicted molar refractivity (Wildman–Crippen MR) is 199 cm³/mol. The number of halogens is 1. The van der Waals surface area contributed by atoms with Crippen molar-refractivity contribution in [1.82, 2.24) is 0 Å². The van der Waals surface area contributed by atoms with Crippen LogP contribution in [0.25, 0.3) is 31.3 Å². The summed E-state index contributed by atoms with van der Waals surface area (Å²) in [4.78, 5) is 4.62. The average molecular weight is 629 g/mol. The van der Waals surface area contributed by atoms with E-state index in [9.17, 15) is 0 Å². The number of hydrogen-bond donors (Lipinski definition) is 0. The quantitative estimate of drug-likeness (QED) is 0.173. The third-order valence-corrected chi connectivity index (χ3v) is 9.61. The van der Waals surface area contributed by atoms with Crippen LogP contribution in [0.5, 0.6) is 0 Å². The van der Waals surface area contributed by atoms with E-state index in [1.54, 1.807) is 0 Å². The maximum atomic E-state index is 6.88. The molecule has 0 unspecified atom stereocenters. The van der Waals surface area contributed by atoms with Gasteiger partial charge in [-0.25, -0.2) is 0 Å². The molecule has 4 heteroatoms. The molecule has 0 spiro atoms. The number of rotatable bonds is 7. The Morgan fingerprint density at radius 2 is 0.891 bits per heavy atom. The van der Waals surface area contributed by atoms with Crippen LogP contribution in [-0.2, 0) is 0 Å². The fraction of sp³-hybridized carbons (Fsp3) is 0. The van der Waals surface area contributed by atoms with Gasteiger partial charge in [0, 0.05) is 59.3 Å². The molecule has 0 aliphatic carbocycles. The Balaban J connectivity index is 1.34. The first-order valence-electron chi connectivity index (χ1n) is 15.3. The van der Waals surface area contributed by atoms with Crippen molar-refractivity contribution in [1.29, 1.82) is 0 Å². The van der Waals surface area contributed by atoms with E-state index in [4.69, 9.17) is 11.6 Å². The van der Waals surface area contributed by atoms with Gasteiger partial charge in [0.05, 0.1) is 0 Å². The molecule has 0 saturated carbocycles. The van der Waals surface area contributed by atoms with Gasteiger partial charge >= 0.3 is 0 Å². The summed E-state index contributed by atoms with van der Waals surface area (Å²) in [6.45, 7) is 0. The summed E-state index contributed by atoms with van der Waals surface area (Å²) in [5.41, 5.74) is 8.55. The second-order valence-corrected chi connectivity index (χ2v) is 12.7. The Labute approximate surface area is 278 Å². The molecule has 0 bridgehead atoms. The highest BCUT2D eigenvalue weighted by Crippen LogP contribution is 2.44. The topological polar surface area (TPSA) is 6.48 Å². The van der Waals surface area contributed by atoms with Gasteiger partial charge < -0.3 is 9.80 Å². The number of hydrogen-bond acceptors (Lipinski definition) is 3. The fourth-order valence-corrected chi connectivity index (χ4v) is 7.49. The molecule has 0 aliphatic rings. The van der Waals surface area contributed by atoms with E-state index in [1.165, 1.54) is 20.2 Å². The Morgan fingerprint density at radius 1 is 0.348 bits per heavy atom. The summed E-state index contributed by atoms with van der Waals surface area (Å²) in [5, 5.41) is 3.21. The maximum Gasteiger partial charge on any atom is 0.0482 e. The molecule has 7 aromatic carbocycles. The lowest BCUT2D eigenvalue weighted by Crippen LogP contribution is -2.13. The van der Waals surface area contributed by atoms with Crippen molar-refractivity contribution in [3.63, 3.8) is 0 Å². The van der Waals surface area contributed by atoms with Crippen LogP contribution in [0.3, 0.4) is 0 Å². The van der Waals surface area contributed by atoms with E-state index in [-0.39, 0.29) is 0 Å². The molecule has 0 atom stereocenters. The fourth-order valence-electron chi connectivity index (χ4n) is 6.17. The van der Waals surface area contributed by atoms with Crippen molar-refractivity contribution in [2.45, 2.75) is 0 Å². The zero-order chi connectivity index (χ0) is 30.9. The largest absolute Gasteiger partial charge is 0.310 e. The smallest absolute Gasteiger partial charge is 0.0482 e. The number of benzene rings is 7. The SMILES string of the molecule is Clc1cc(-c2ccccc2)cc(N(c2cccc(N(c3ccccc3)c3ccccc3)c2)c2ccc3sc4ccccc4c3c2)c1. The van der Waals surface area contributed by atoms with Gasteiger partial charge in [-0.3, -0.25) is 0 Å². The zero-order valence-electron chi connectivity index (χ0n) is 24.9. The van der Waals surface area contributed by atoms with Gasteiger partial charge in [-0.15, -0.1) is 11.3 Å². The van der Waals surface area contributed by atoms with Crippen LogP contribution in [0, 0.1) is 0 Å². The summed E-state index contributed by atoms with van der Waals surface area (Å²) in [6.07, 6.45) is 0. The second-order valence-electron chi connectivity index (χ2n) is 11.2. The molecular weight excluding hydrogens is 600 g/mol. The predicted octanol–water partition coefficient (Wildman–Crippen LogP) is 13.3. The van der Waals surface area contributed by atoms with Crippen molar-refractivity contribution < 1.29 is 0 Å². The molecule has 46 heavy (non-hydrogen) atoms. The molecule has 2 nitrogen and oxygen atoms in total. The molecule has 8 rings (SSSR count). The van der Waals surface area contributed by atoms with Gasteiger partial charge in [-0.1, -0.05) is 103 Å². The van der Waals surface area contributed by atoms with Crippen molar-refractivity contribution >= 4 is 77.2 Å². The second kappa shape index (κ2) is 12.2. The summed E-state index contributed by atoms with van der Waals surface area (Å²) < 4.78 is 2.56. The highest BCUT2D eigenvalue weighted by atomic mass is 35.5. The highest BCUT2D eigenvalue weighted by molar-refractivity contribution is 7.25. The van der Waals surface area contributed by atoms with Gasteiger partial charge in [0.25, 0.3) is 0 Å². The molecule has 220 valence electrons. The summed E-state index contributed by atoms with van der Waals surface area (Å²) in [7, 11) is 0. The third-order valence-electron chi connectivity index (χ3n) is 8.24. The number of thiophene rings is 1. The first-order chi connectivity index (χ1) is 22.7. The Bertz CT molecular complexity index is 2240. The minimum atomic E-state index is 0.690. The van der Waals surface area contributed by atoms with E-state index in [0.29, 0.717) is 5.02 Å². The molecule has 8 aromatic rings. The van der Waals surface area contributed by atoms with E-state index >= 15 is 0 Å². The van der Waals surface area contributed by atoms with Crippen LogP contribution in [0.4, 0.5) is 34.1 Å². The summed E-state index contributed by atoms with van der Waals surface area (Å²) >= 11 is 8.71. The molecule has 0 saturated heterocycles. The lowest BCUT2D eigenvalue weighted by molar-refractivity contribution is 1.25. The molecule has 0 fully saturated rings. The Morgan fingerprint density at radius 3 is 1.59 bits per heavy atom. The van der Waals surface area contributed by atoms with Crippen molar-refractivity contribution in [2.24, 2.45) is 0 Å². The normalized spacial score (nSPS) is 11.2. The lowest BCUT2D eigenvalue weighted by Gasteiger charge is -2.29. The molecule has 0 amide bonds. The third kappa shape index (κ3) is 5.41. The van der Waals surface area contributed by atoms with E-state index in [1.807, 2.05) is 23.5 Å². The van der Waals surface area contributed by atoms with Crippen molar-refractivity contribution in [3.05, 3.63) is 181 Å². The van der Waals surface area contributed by atoms with E-state index in [0.717, 1.165) is 45.3 Å². The first-order valence-corrected chi connectivity index (χ1v) is 16.5. The number of fused-ring (bicyclic) bond motifs is 3. The van der Waals surface area contributed by atoms with Crippen LogP contribution in [0.2, 0.25) is 5.02 Å². The molecule has 0 N–H and O–H groups in total. The van der Waals surface area contributed by atoms with Gasteiger partial charge in [-0.2, -0.15) is 0 Å². The van der Waals surface area contributed by atoms with Gasteiger partial charge in [-0.05, 0) is 96.1 Å². The monoisotopic (exact) mass is 628 g/mol. The molecular formula is C42H29ClN2S. The highest BCUT2D eigenvalue weighted by Gasteiger charge is 2.19. The van der Waals surface area contributed by atoms with Gasteiger partial charge in [0.2, 0.25) is 0 Å². The summed E-state index contributed by atoms with van der Waals surface area (Å²) in [6, 6.07) is 62.0. The van der Waals surface area contributed by atoms with E-state index < -0.39 is 0 Å². The van der Waals surface area contributed by atoms with Crippen molar-refractivity contribution in [2.75, 3.05) is 9.80 Å². The van der Waals surface area contributed by atoms with Crippen molar-refractivity contribution in [3.8, 4) is 11.1 Å². The number of para-hydroxylation sites is 2. The zero-order valence-corrected chi connectivity index (χ0v) is 26.5. The Hall–Kier alpha value is -5.35. The molecule has 1 aromatic heterocycles. The molecule has 0 aliphatic heterocycles. The van der Waals surface area contributed by atoms with Crippen LogP contribution in [-0.4, -0.2) is 0 Å². The van der Waals surface area contributed by atoms with Crippen LogP contribution in [0.1, 0.15) is 0 Å². The van der Waals surface area contributed by atoms with Crippen LogP contribution in [0.15, 0.2) is 176 Å². The molecule has 0 radical (unpaired) electrons. The van der Waals surface area contributed by atoms with Crippen LogP contribution >= 0.6 is 22.9 Å². The lowest BCUT2D eigenvalue weighted by atomic mass is 10.0. The standard InChI is InChI=1S/C42H29ClN2S/c43-32-25-31(30-13-4-1-5-14-30)26-38(27-32)45(37-23-24-42-40(29-37)39-21-10-11-22-41(39)46-42)36-20-12-19-35(28-36)44(33-15-6-2-7-16-33)34-17-8-3-9-18-34/h1-29H. The first kappa shape index (κ1) is 28.1. The maximum absolute atomic E-state index is 6.88. The van der Waals surface area contributed by atoms with Gasteiger partial charge in [0.15, 0.2) is 0 Å². The van der Waals surface area contributed by atoms with Gasteiger partial charge in [0.1, 0.15) is 0 Å². The Kier molecular flexibility index (Phi) is 7.47. The van der Waals surface area contributed by atoms with Crippen LogP contribution < -0.4 is 9.80 Å². The van der Waals surface area contributed by atoms with E-state index in [2.05, 4.69) is 174 Å². The molecule has 1 heterocycles.